The average molecular weight is 391 g/mol. The lowest BCUT2D eigenvalue weighted by molar-refractivity contribution is -0.121. The Morgan fingerprint density at radius 3 is 2.24 bits per heavy atom. The number of carbonyl (C=O) groups is 1. The van der Waals surface area contributed by atoms with Gasteiger partial charge in [0.05, 0.1) is 0 Å². The first kappa shape index (κ1) is 20.4. The number of carbonyl (C=O) groups excluding carboxylic acids is 1. The molecule has 0 bridgehead atoms. The summed E-state index contributed by atoms with van der Waals surface area (Å²) in [5, 5.41) is 6.08. The smallest absolute Gasteiger partial charge is 0.242 e. The number of halogens is 1. The maximum absolute atomic E-state index is 12.9. The van der Waals surface area contributed by atoms with Crippen molar-refractivity contribution in [2.75, 3.05) is 17.3 Å². The van der Waals surface area contributed by atoms with Crippen molar-refractivity contribution in [3.8, 4) is 0 Å². The molecule has 3 rings (SSSR count). The van der Waals surface area contributed by atoms with E-state index in [-0.39, 0.29) is 17.8 Å². The summed E-state index contributed by atoms with van der Waals surface area (Å²) in [4.78, 5) is 14.5. The molecule has 0 aliphatic rings. The normalized spacial score (nSPS) is 11.6. The molecular weight excluding hydrogens is 365 g/mol. The van der Waals surface area contributed by atoms with Crippen LogP contribution in [-0.4, -0.2) is 19.0 Å². The van der Waals surface area contributed by atoms with Crippen LogP contribution in [0.5, 0.6) is 0 Å². The molecule has 150 valence electrons. The minimum absolute atomic E-state index is 0.111. The van der Waals surface area contributed by atoms with Gasteiger partial charge in [-0.3, -0.25) is 4.79 Å². The highest BCUT2D eigenvalue weighted by atomic mass is 19.1. The second kappa shape index (κ2) is 9.73. The molecule has 3 aromatic rings. The van der Waals surface area contributed by atoms with Crippen LogP contribution in [0.15, 0.2) is 78.9 Å². The summed E-state index contributed by atoms with van der Waals surface area (Å²) < 4.78 is 12.9. The average Bonchev–Trinajstić information content (AvgIpc) is 2.74. The van der Waals surface area contributed by atoms with E-state index < -0.39 is 0 Å². The third-order valence-electron chi connectivity index (χ3n) is 4.73. The molecule has 29 heavy (non-hydrogen) atoms. The van der Waals surface area contributed by atoms with Gasteiger partial charge >= 0.3 is 0 Å². The third kappa shape index (κ3) is 6.07. The summed E-state index contributed by atoms with van der Waals surface area (Å²) in [6.07, 6.45) is 0. The van der Waals surface area contributed by atoms with Crippen LogP contribution in [0.1, 0.15) is 18.1 Å². The van der Waals surface area contributed by atoms with E-state index in [1.807, 2.05) is 49.4 Å². The van der Waals surface area contributed by atoms with Crippen molar-refractivity contribution in [2.24, 2.45) is 0 Å². The molecule has 0 aromatic heterocycles. The highest BCUT2D eigenvalue weighted by Crippen LogP contribution is 2.19. The van der Waals surface area contributed by atoms with Crippen molar-refractivity contribution in [3.05, 3.63) is 95.8 Å². The SMILES string of the molecule is CC(Nc1ccc(N(C)Cc2ccccc2)cc1)C(=O)NCc1ccc(F)cc1. The standard InChI is InChI=1S/C24H26FN3O/c1-18(24(29)26-16-19-8-10-21(25)11-9-19)27-22-12-14-23(15-13-22)28(2)17-20-6-4-3-5-7-20/h3-15,18,27H,16-17H2,1-2H3,(H,26,29). The molecule has 0 aliphatic heterocycles. The van der Waals surface area contributed by atoms with E-state index in [1.165, 1.54) is 17.7 Å². The number of nitrogens with zero attached hydrogens (tertiary/aromatic N) is 1. The summed E-state index contributed by atoms with van der Waals surface area (Å²) in [6, 6.07) is 24.1. The molecule has 0 heterocycles. The lowest BCUT2D eigenvalue weighted by Crippen LogP contribution is -2.37. The van der Waals surface area contributed by atoms with Gasteiger partial charge in [0.25, 0.3) is 0 Å². The Bertz CT molecular complexity index is 911. The van der Waals surface area contributed by atoms with Crippen molar-refractivity contribution in [1.82, 2.24) is 5.32 Å². The van der Waals surface area contributed by atoms with Gasteiger partial charge in [-0.05, 0) is 54.4 Å². The monoisotopic (exact) mass is 391 g/mol. The lowest BCUT2D eigenvalue weighted by Gasteiger charge is -2.20. The highest BCUT2D eigenvalue weighted by molar-refractivity contribution is 5.84. The molecule has 2 N–H and O–H groups in total. The second-order valence-corrected chi connectivity index (χ2v) is 7.10. The molecule has 0 saturated carbocycles. The summed E-state index contributed by atoms with van der Waals surface area (Å²) in [7, 11) is 2.06. The van der Waals surface area contributed by atoms with Gasteiger partial charge in [0.2, 0.25) is 5.91 Å². The van der Waals surface area contributed by atoms with Crippen LogP contribution >= 0.6 is 0 Å². The van der Waals surface area contributed by atoms with Crippen molar-refractivity contribution in [2.45, 2.75) is 26.1 Å². The van der Waals surface area contributed by atoms with Gasteiger partial charge in [-0.2, -0.15) is 0 Å². The Balaban J connectivity index is 1.50. The zero-order valence-corrected chi connectivity index (χ0v) is 16.7. The molecule has 0 aliphatic carbocycles. The van der Waals surface area contributed by atoms with Gasteiger partial charge in [-0.1, -0.05) is 42.5 Å². The predicted octanol–water partition coefficient (Wildman–Crippen LogP) is 4.58. The minimum Gasteiger partial charge on any atom is -0.374 e. The van der Waals surface area contributed by atoms with Crippen LogP contribution in [-0.2, 0) is 17.9 Å². The third-order valence-corrected chi connectivity index (χ3v) is 4.73. The van der Waals surface area contributed by atoms with Crippen molar-refractivity contribution in [1.29, 1.82) is 0 Å². The van der Waals surface area contributed by atoms with E-state index in [0.29, 0.717) is 6.54 Å². The number of rotatable bonds is 8. The molecule has 4 nitrogen and oxygen atoms in total. The zero-order valence-electron chi connectivity index (χ0n) is 16.7. The van der Waals surface area contributed by atoms with Gasteiger partial charge in [0.1, 0.15) is 11.9 Å². The fourth-order valence-corrected chi connectivity index (χ4v) is 3.02. The molecule has 1 unspecified atom stereocenters. The summed E-state index contributed by atoms with van der Waals surface area (Å²) >= 11 is 0. The van der Waals surface area contributed by atoms with Crippen LogP contribution in [0, 0.1) is 5.82 Å². The molecule has 0 saturated heterocycles. The van der Waals surface area contributed by atoms with E-state index in [9.17, 15) is 9.18 Å². The quantitative estimate of drug-likeness (QED) is 0.591. The van der Waals surface area contributed by atoms with Crippen molar-refractivity contribution >= 4 is 17.3 Å². The fraction of sp³-hybridized carbons (Fsp3) is 0.208. The zero-order chi connectivity index (χ0) is 20.6. The van der Waals surface area contributed by atoms with E-state index >= 15 is 0 Å². The van der Waals surface area contributed by atoms with Gasteiger partial charge in [0.15, 0.2) is 0 Å². The van der Waals surface area contributed by atoms with E-state index in [2.05, 4.69) is 34.7 Å². The number of hydrogen-bond acceptors (Lipinski definition) is 3. The number of anilines is 2. The maximum Gasteiger partial charge on any atom is 0.242 e. The Morgan fingerprint density at radius 2 is 1.59 bits per heavy atom. The first-order chi connectivity index (χ1) is 14.0. The molecule has 5 heteroatoms. The van der Waals surface area contributed by atoms with E-state index in [4.69, 9.17) is 0 Å². The fourth-order valence-electron chi connectivity index (χ4n) is 3.02. The van der Waals surface area contributed by atoms with Crippen LogP contribution < -0.4 is 15.5 Å². The number of hydrogen-bond donors (Lipinski definition) is 2. The van der Waals surface area contributed by atoms with E-state index in [0.717, 1.165) is 23.5 Å². The molecule has 0 radical (unpaired) electrons. The lowest BCUT2D eigenvalue weighted by atomic mass is 10.2. The summed E-state index contributed by atoms with van der Waals surface area (Å²) in [5.41, 5.74) is 4.10. The Kier molecular flexibility index (Phi) is 6.85. The first-order valence-corrected chi connectivity index (χ1v) is 9.65. The summed E-state index contributed by atoms with van der Waals surface area (Å²) in [6.45, 7) is 3.01. The van der Waals surface area contributed by atoms with Gasteiger partial charge in [-0.25, -0.2) is 4.39 Å². The topological polar surface area (TPSA) is 44.4 Å². The minimum atomic E-state index is -0.386. The molecular formula is C24H26FN3O. The molecule has 1 atom stereocenters. The van der Waals surface area contributed by atoms with Gasteiger partial charge < -0.3 is 15.5 Å². The van der Waals surface area contributed by atoms with Crippen molar-refractivity contribution in [3.63, 3.8) is 0 Å². The highest BCUT2D eigenvalue weighted by Gasteiger charge is 2.12. The van der Waals surface area contributed by atoms with Crippen LogP contribution in [0.3, 0.4) is 0 Å². The molecule has 3 aromatic carbocycles. The predicted molar refractivity (Wildman–Crippen MR) is 116 cm³/mol. The van der Waals surface area contributed by atoms with Crippen molar-refractivity contribution < 1.29 is 9.18 Å². The second-order valence-electron chi connectivity index (χ2n) is 7.10. The van der Waals surface area contributed by atoms with Crippen LogP contribution in [0.2, 0.25) is 0 Å². The Hall–Kier alpha value is -3.34. The van der Waals surface area contributed by atoms with Crippen LogP contribution in [0.25, 0.3) is 0 Å². The van der Waals surface area contributed by atoms with Crippen LogP contribution in [0.4, 0.5) is 15.8 Å². The van der Waals surface area contributed by atoms with Gasteiger partial charge in [-0.15, -0.1) is 0 Å². The Morgan fingerprint density at radius 1 is 0.931 bits per heavy atom. The Labute approximate surface area is 171 Å². The molecule has 1 amide bonds. The first-order valence-electron chi connectivity index (χ1n) is 9.65. The van der Waals surface area contributed by atoms with E-state index in [1.54, 1.807) is 12.1 Å². The number of nitrogens with one attached hydrogen (secondary N) is 2. The molecule has 0 spiro atoms. The maximum atomic E-state index is 12.9. The number of benzene rings is 3. The number of amides is 1. The van der Waals surface area contributed by atoms with Gasteiger partial charge in [0, 0.05) is 31.5 Å². The largest absolute Gasteiger partial charge is 0.374 e. The molecule has 0 fully saturated rings. The summed E-state index contributed by atoms with van der Waals surface area (Å²) in [5.74, 6) is -0.396.